The predicted octanol–water partition coefficient (Wildman–Crippen LogP) is 4.07. The van der Waals surface area contributed by atoms with Gasteiger partial charge in [0.2, 0.25) is 0 Å². The van der Waals surface area contributed by atoms with E-state index in [1.807, 2.05) is 88.2 Å². The lowest BCUT2D eigenvalue weighted by molar-refractivity contribution is -0.116. The standard InChI is InChI=1S/C22H26N2O2/c1-13-11-15(23(3)4)7-9-17(13)19-21(25)20(22(19)26)18-10-8-16(24(5)6)12-14(18)2/h7-12,19,25H,1-6H3. The number of rotatable bonds is 4. The molecule has 0 aromatic heterocycles. The quantitative estimate of drug-likeness (QED) is 0.903. The minimum atomic E-state index is -0.547. The summed E-state index contributed by atoms with van der Waals surface area (Å²) in [5, 5.41) is 10.7. The molecule has 3 rings (SSSR count). The largest absolute Gasteiger partial charge is 0.510 e. The maximum absolute atomic E-state index is 12.9. The van der Waals surface area contributed by atoms with Gasteiger partial charge < -0.3 is 14.9 Å². The monoisotopic (exact) mass is 350 g/mol. The zero-order valence-electron chi connectivity index (χ0n) is 16.3. The molecule has 1 aliphatic rings. The van der Waals surface area contributed by atoms with Crippen molar-refractivity contribution in [1.82, 2.24) is 0 Å². The zero-order valence-corrected chi connectivity index (χ0v) is 16.3. The number of Topliss-reactive ketones (excluding diaryl/α,β-unsaturated/α-hetero) is 1. The Morgan fingerprint density at radius 1 is 0.846 bits per heavy atom. The van der Waals surface area contributed by atoms with Gasteiger partial charge in [0, 0.05) is 39.6 Å². The van der Waals surface area contributed by atoms with Gasteiger partial charge in [-0.2, -0.15) is 0 Å². The molecule has 1 aliphatic carbocycles. The Bertz CT molecular complexity index is 910. The number of nitrogens with zero attached hydrogens (tertiary/aromatic N) is 2. The van der Waals surface area contributed by atoms with Gasteiger partial charge in [-0.3, -0.25) is 4.79 Å². The summed E-state index contributed by atoms with van der Waals surface area (Å²) < 4.78 is 0. The van der Waals surface area contributed by atoms with E-state index in [1.54, 1.807) is 0 Å². The van der Waals surface area contributed by atoms with E-state index in [4.69, 9.17) is 0 Å². The van der Waals surface area contributed by atoms with Gasteiger partial charge >= 0.3 is 0 Å². The molecule has 4 heteroatoms. The Kier molecular flexibility index (Phi) is 4.53. The Labute approximate surface area is 155 Å². The first-order valence-electron chi connectivity index (χ1n) is 8.76. The van der Waals surface area contributed by atoms with Crippen molar-refractivity contribution in [2.75, 3.05) is 38.0 Å². The van der Waals surface area contributed by atoms with E-state index in [0.717, 1.165) is 33.6 Å². The van der Waals surface area contributed by atoms with Crippen LogP contribution in [0, 0.1) is 13.8 Å². The van der Waals surface area contributed by atoms with E-state index in [-0.39, 0.29) is 11.5 Å². The van der Waals surface area contributed by atoms with E-state index in [0.29, 0.717) is 5.57 Å². The van der Waals surface area contributed by atoms with Crippen LogP contribution >= 0.6 is 0 Å². The normalized spacial score (nSPS) is 16.5. The highest BCUT2D eigenvalue weighted by Gasteiger charge is 2.42. The van der Waals surface area contributed by atoms with Crippen LogP contribution in [0.15, 0.2) is 42.2 Å². The SMILES string of the molecule is Cc1cc(N(C)C)ccc1C1=C(O)C(c2ccc(N(C)C)cc2C)C1=O. The minimum absolute atomic E-state index is 0.0103. The maximum atomic E-state index is 12.9. The smallest absolute Gasteiger partial charge is 0.181 e. The van der Waals surface area contributed by atoms with Crippen LogP contribution in [0.1, 0.15) is 28.2 Å². The topological polar surface area (TPSA) is 43.8 Å². The van der Waals surface area contributed by atoms with Crippen molar-refractivity contribution in [2.45, 2.75) is 19.8 Å². The second-order valence-corrected chi connectivity index (χ2v) is 7.39. The average Bonchev–Trinajstić information content (AvgIpc) is 2.58. The first kappa shape index (κ1) is 18.1. The number of ketones is 1. The lowest BCUT2D eigenvalue weighted by Gasteiger charge is -2.31. The van der Waals surface area contributed by atoms with E-state index >= 15 is 0 Å². The Morgan fingerprint density at radius 2 is 1.38 bits per heavy atom. The van der Waals surface area contributed by atoms with Gasteiger partial charge in [0.25, 0.3) is 0 Å². The summed E-state index contributed by atoms with van der Waals surface area (Å²) >= 11 is 0. The Balaban J connectivity index is 1.99. The maximum Gasteiger partial charge on any atom is 0.181 e. The van der Waals surface area contributed by atoms with E-state index < -0.39 is 5.92 Å². The van der Waals surface area contributed by atoms with Crippen LogP contribution in [-0.2, 0) is 4.79 Å². The molecule has 2 aromatic rings. The molecule has 26 heavy (non-hydrogen) atoms. The van der Waals surface area contributed by atoms with Crippen LogP contribution in [0.2, 0.25) is 0 Å². The third kappa shape index (κ3) is 2.85. The number of carbonyl (C=O) groups excluding carboxylic acids is 1. The lowest BCUT2D eigenvalue weighted by atomic mass is 9.73. The van der Waals surface area contributed by atoms with Crippen molar-refractivity contribution in [3.8, 4) is 0 Å². The van der Waals surface area contributed by atoms with Gasteiger partial charge in [0.05, 0.1) is 5.57 Å². The zero-order chi connectivity index (χ0) is 19.2. The molecule has 1 unspecified atom stereocenters. The number of benzene rings is 2. The number of aliphatic hydroxyl groups excluding tert-OH is 1. The predicted molar refractivity (Wildman–Crippen MR) is 108 cm³/mol. The fraction of sp³-hybridized carbons (Fsp3) is 0.318. The summed E-state index contributed by atoms with van der Waals surface area (Å²) in [6.45, 7) is 3.96. The number of anilines is 2. The summed E-state index contributed by atoms with van der Waals surface area (Å²) in [5.41, 5.74) is 6.31. The molecule has 1 N–H and O–H groups in total. The molecule has 0 fully saturated rings. The summed E-state index contributed by atoms with van der Waals surface area (Å²) in [6, 6.07) is 11.9. The summed E-state index contributed by atoms with van der Waals surface area (Å²) in [5.74, 6) is -0.380. The van der Waals surface area contributed by atoms with Crippen molar-refractivity contribution in [2.24, 2.45) is 0 Å². The number of hydrogen-bond donors (Lipinski definition) is 1. The number of hydrogen-bond acceptors (Lipinski definition) is 4. The van der Waals surface area contributed by atoms with Crippen LogP contribution in [-0.4, -0.2) is 39.1 Å². The minimum Gasteiger partial charge on any atom is -0.510 e. The molecule has 2 aromatic carbocycles. The van der Waals surface area contributed by atoms with Crippen LogP contribution in [0.4, 0.5) is 11.4 Å². The van der Waals surface area contributed by atoms with E-state index in [2.05, 4.69) is 0 Å². The molecule has 0 amide bonds. The molecule has 1 atom stereocenters. The highest BCUT2D eigenvalue weighted by Crippen LogP contribution is 2.45. The molecular formula is C22H26N2O2. The first-order chi connectivity index (χ1) is 12.2. The van der Waals surface area contributed by atoms with Crippen LogP contribution in [0.3, 0.4) is 0 Å². The van der Waals surface area contributed by atoms with Crippen molar-refractivity contribution in [3.05, 3.63) is 64.4 Å². The van der Waals surface area contributed by atoms with Crippen molar-refractivity contribution < 1.29 is 9.90 Å². The van der Waals surface area contributed by atoms with Crippen molar-refractivity contribution in [3.63, 3.8) is 0 Å². The second-order valence-electron chi connectivity index (χ2n) is 7.39. The molecule has 0 saturated carbocycles. The van der Waals surface area contributed by atoms with Gasteiger partial charge in [0.1, 0.15) is 11.7 Å². The number of carbonyl (C=O) groups is 1. The fourth-order valence-electron chi connectivity index (χ4n) is 3.49. The average molecular weight is 350 g/mol. The van der Waals surface area contributed by atoms with Crippen molar-refractivity contribution >= 4 is 22.7 Å². The summed E-state index contributed by atoms with van der Waals surface area (Å²) in [4.78, 5) is 16.9. The Morgan fingerprint density at radius 3 is 1.85 bits per heavy atom. The molecule has 4 nitrogen and oxygen atoms in total. The molecule has 0 saturated heterocycles. The summed E-state index contributed by atoms with van der Waals surface area (Å²) in [6.07, 6.45) is 0. The first-order valence-corrected chi connectivity index (χ1v) is 8.76. The van der Waals surface area contributed by atoms with E-state index in [9.17, 15) is 9.90 Å². The third-order valence-electron chi connectivity index (χ3n) is 5.11. The molecule has 0 aliphatic heterocycles. The Hall–Kier alpha value is -2.75. The van der Waals surface area contributed by atoms with Gasteiger partial charge in [-0.15, -0.1) is 0 Å². The highest BCUT2D eigenvalue weighted by atomic mass is 16.3. The van der Waals surface area contributed by atoms with Gasteiger partial charge in [-0.1, -0.05) is 12.1 Å². The van der Waals surface area contributed by atoms with E-state index in [1.165, 1.54) is 0 Å². The van der Waals surface area contributed by atoms with Gasteiger partial charge in [-0.25, -0.2) is 0 Å². The number of aliphatic hydroxyl groups is 1. The highest BCUT2D eigenvalue weighted by molar-refractivity contribution is 6.32. The van der Waals surface area contributed by atoms with Crippen LogP contribution in [0.5, 0.6) is 0 Å². The molecule has 0 radical (unpaired) electrons. The summed E-state index contributed by atoms with van der Waals surface area (Å²) in [7, 11) is 7.93. The van der Waals surface area contributed by atoms with Crippen LogP contribution < -0.4 is 9.80 Å². The molecule has 0 bridgehead atoms. The molecule has 136 valence electrons. The fourth-order valence-corrected chi connectivity index (χ4v) is 3.49. The van der Waals surface area contributed by atoms with Crippen molar-refractivity contribution in [1.29, 1.82) is 0 Å². The molecule has 0 heterocycles. The van der Waals surface area contributed by atoms with Gasteiger partial charge in [-0.05, 0) is 60.4 Å². The third-order valence-corrected chi connectivity index (χ3v) is 5.11. The lowest BCUT2D eigenvalue weighted by Crippen LogP contribution is -2.29. The molecule has 0 spiro atoms. The van der Waals surface area contributed by atoms with Crippen LogP contribution in [0.25, 0.3) is 5.57 Å². The number of aryl methyl sites for hydroxylation is 2. The van der Waals surface area contributed by atoms with Gasteiger partial charge in [0.15, 0.2) is 5.78 Å². The second kappa shape index (κ2) is 6.52. The molecular weight excluding hydrogens is 324 g/mol. The number of allylic oxidation sites excluding steroid dienone is 2.